The Morgan fingerprint density at radius 1 is 1.28 bits per heavy atom. The highest BCUT2D eigenvalue weighted by Gasteiger charge is 2.16. The van der Waals surface area contributed by atoms with Gasteiger partial charge in [0, 0.05) is 6.04 Å². The van der Waals surface area contributed by atoms with Crippen LogP contribution in [0.15, 0.2) is 21.0 Å². The molecule has 104 valence electrons. The second kappa shape index (κ2) is 8.46. The van der Waals surface area contributed by atoms with E-state index in [1.54, 1.807) is 0 Å². The molecule has 0 radical (unpaired) electrons. The number of halogens is 1. The van der Waals surface area contributed by atoms with Crippen molar-refractivity contribution in [2.45, 2.75) is 59.5 Å². The Hall–Kier alpha value is -0.640. The molecule has 18 heavy (non-hydrogen) atoms. The molecule has 0 spiro atoms. The zero-order valence-corrected chi connectivity index (χ0v) is 13.8. The van der Waals surface area contributed by atoms with Crippen molar-refractivity contribution in [1.29, 1.82) is 0 Å². The highest BCUT2D eigenvalue weighted by molar-refractivity contribution is 9.11. The van der Waals surface area contributed by atoms with Gasteiger partial charge in [0.25, 0.3) is 0 Å². The summed E-state index contributed by atoms with van der Waals surface area (Å²) in [7, 11) is 0. The van der Waals surface area contributed by atoms with E-state index in [2.05, 4.69) is 46.3 Å². The van der Waals surface area contributed by atoms with Gasteiger partial charge in [0.2, 0.25) is 0 Å². The maximum absolute atomic E-state index is 6.00. The summed E-state index contributed by atoms with van der Waals surface area (Å²) in [6.45, 7) is 14.2. The number of nitrogens with zero attached hydrogens (tertiary/aromatic N) is 2. The number of aliphatic imine (C=N–C) groups is 2. The monoisotopic (exact) mass is 315 g/mol. The van der Waals surface area contributed by atoms with Crippen LogP contribution in [0.5, 0.6) is 0 Å². The van der Waals surface area contributed by atoms with E-state index in [0.29, 0.717) is 11.8 Å². The topological polar surface area (TPSA) is 50.7 Å². The van der Waals surface area contributed by atoms with Crippen molar-refractivity contribution in [3.8, 4) is 0 Å². The largest absolute Gasteiger partial charge is 0.382 e. The number of hydrogen-bond donors (Lipinski definition) is 1. The number of hydrogen-bond acceptors (Lipinski definition) is 2. The van der Waals surface area contributed by atoms with Crippen LogP contribution < -0.4 is 5.73 Å². The molecule has 0 aliphatic heterocycles. The lowest BCUT2D eigenvalue weighted by molar-refractivity contribution is 0.450. The predicted octanol–water partition coefficient (Wildman–Crippen LogP) is 3.93. The van der Waals surface area contributed by atoms with E-state index >= 15 is 0 Å². The van der Waals surface area contributed by atoms with Gasteiger partial charge >= 0.3 is 0 Å². The summed E-state index contributed by atoms with van der Waals surface area (Å²) >= 11 is 3.40. The Labute approximate surface area is 120 Å². The third-order valence-electron chi connectivity index (χ3n) is 2.75. The molecule has 0 aliphatic rings. The van der Waals surface area contributed by atoms with Crippen molar-refractivity contribution in [2.75, 3.05) is 0 Å². The SMILES string of the molecule is C=C(Br)CC(C)C(CC)N=C(N)C(C)=NC(C)C. The average molecular weight is 316 g/mol. The standard InChI is InChI=1S/C14H26BrN3/c1-7-13(10(4)8-11(5)15)18-14(16)12(6)17-9(2)3/h9-10,13H,5,7-8H2,1-4,6H3,(H2,16,18). The van der Waals surface area contributed by atoms with Gasteiger partial charge in [0.05, 0.1) is 11.8 Å². The normalized spacial score (nSPS) is 16.8. The van der Waals surface area contributed by atoms with Gasteiger partial charge in [-0.2, -0.15) is 0 Å². The maximum atomic E-state index is 6.00. The number of allylic oxidation sites excluding steroid dienone is 1. The highest BCUT2D eigenvalue weighted by atomic mass is 79.9. The van der Waals surface area contributed by atoms with Crippen molar-refractivity contribution >= 4 is 27.5 Å². The minimum absolute atomic E-state index is 0.219. The van der Waals surface area contributed by atoms with E-state index in [0.717, 1.165) is 23.0 Å². The Morgan fingerprint density at radius 3 is 2.22 bits per heavy atom. The number of rotatable bonds is 7. The molecule has 2 unspecified atom stereocenters. The summed E-state index contributed by atoms with van der Waals surface area (Å²) in [5, 5.41) is 0. The van der Waals surface area contributed by atoms with Crippen LogP contribution in [0.1, 0.15) is 47.5 Å². The smallest absolute Gasteiger partial charge is 0.139 e. The molecule has 0 amide bonds. The lowest BCUT2D eigenvalue weighted by atomic mass is 9.96. The molecule has 0 heterocycles. The zero-order valence-electron chi connectivity index (χ0n) is 12.2. The predicted molar refractivity (Wildman–Crippen MR) is 85.8 cm³/mol. The van der Waals surface area contributed by atoms with Crippen LogP contribution in [-0.2, 0) is 0 Å². The van der Waals surface area contributed by atoms with Crippen LogP contribution in [0.2, 0.25) is 0 Å². The molecule has 0 aromatic carbocycles. The van der Waals surface area contributed by atoms with E-state index in [9.17, 15) is 0 Å². The average Bonchev–Trinajstić information content (AvgIpc) is 2.23. The first-order chi connectivity index (χ1) is 8.27. The molecule has 3 nitrogen and oxygen atoms in total. The molecule has 0 fully saturated rings. The molecule has 0 rings (SSSR count). The highest BCUT2D eigenvalue weighted by Crippen LogP contribution is 2.21. The van der Waals surface area contributed by atoms with E-state index < -0.39 is 0 Å². The number of amidine groups is 1. The van der Waals surface area contributed by atoms with Gasteiger partial charge in [-0.05, 0) is 44.0 Å². The van der Waals surface area contributed by atoms with Crippen molar-refractivity contribution in [3.63, 3.8) is 0 Å². The molecule has 0 aromatic heterocycles. The molecule has 2 atom stereocenters. The van der Waals surface area contributed by atoms with Gasteiger partial charge in [0.15, 0.2) is 0 Å². The molecule has 0 aliphatic carbocycles. The van der Waals surface area contributed by atoms with Gasteiger partial charge in [-0.3, -0.25) is 9.98 Å². The molecule has 4 heteroatoms. The van der Waals surface area contributed by atoms with Crippen LogP contribution in [0.25, 0.3) is 0 Å². The van der Waals surface area contributed by atoms with Crippen LogP contribution in [0, 0.1) is 5.92 Å². The zero-order chi connectivity index (χ0) is 14.3. The van der Waals surface area contributed by atoms with Crippen molar-refractivity contribution < 1.29 is 0 Å². The summed E-state index contributed by atoms with van der Waals surface area (Å²) in [4.78, 5) is 9.02. The van der Waals surface area contributed by atoms with E-state index in [-0.39, 0.29) is 12.1 Å². The lowest BCUT2D eigenvalue weighted by Gasteiger charge is -2.19. The summed E-state index contributed by atoms with van der Waals surface area (Å²) in [5.74, 6) is 0.981. The first-order valence-corrected chi connectivity index (χ1v) is 7.28. The quantitative estimate of drug-likeness (QED) is 0.561. The van der Waals surface area contributed by atoms with E-state index in [1.807, 2.05) is 20.8 Å². The van der Waals surface area contributed by atoms with Crippen molar-refractivity contribution in [1.82, 2.24) is 0 Å². The van der Waals surface area contributed by atoms with Crippen molar-refractivity contribution in [2.24, 2.45) is 21.6 Å². The van der Waals surface area contributed by atoms with Gasteiger partial charge in [0.1, 0.15) is 5.84 Å². The molecule has 2 N–H and O–H groups in total. The fourth-order valence-corrected chi connectivity index (χ4v) is 2.34. The Kier molecular flexibility index (Phi) is 8.16. The van der Waals surface area contributed by atoms with Crippen LogP contribution in [0.4, 0.5) is 0 Å². The van der Waals surface area contributed by atoms with Crippen LogP contribution in [0.3, 0.4) is 0 Å². The third kappa shape index (κ3) is 6.94. The molecule has 0 saturated carbocycles. The minimum atomic E-state index is 0.219. The lowest BCUT2D eigenvalue weighted by Crippen LogP contribution is -2.27. The summed E-state index contributed by atoms with van der Waals surface area (Å²) in [5.41, 5.74) is 6.82. The van der Waals surface area contributed by atoms with Crippen LogP contribution >= 0.6 is 15.9 Å². The van der Waals surface area contributed by atoms with Gasteiger partial charge < -0.3 is 5.73 Å². The molecule has 0 bridgehead atoms. The van der Waals surface area contributed by atoms with E-state index in [4.69, 9.17) is 5.73 Å². The second-order valence-corrected chi connectivity index (χ2v) is 6.12. The fourth-order valence-electron chi connectivity index (χ4n) is 1.83. The first kappa shape index (κ1) is 17.4. The Morgan fingerprint density at radius 2 is 1.83 bits per heavy atom. The molecular weight excluding hydrogens is 290 g/mol. The van der Waals surface area contributed by atoms with Gasteiger partial charge in [-0.25, -0.2) is 0 Å². The molecular formula is C14H26BrN3. The second-order valence-electron chi connectivity index (χ2n) is 5.00. The Bertz CT molecular complexity index is 332. The molecule has 0 saturated heterocycles. The summed E-state index contributed by atoms with van der Waals surface area (Å²) in [6, 6.07) is 0.468. The first-order valence-electron chi connectivity index (χ1n) is 6.49. The third-order valence-corrected chi connectivity index (χ3v) is 3.07. The van der Waals surface area contributed by atoms with Crippen molar-refractivity contribution in [3.05, 3.63) is 11.1 Å². The summed E-state index contributed by atoms with van der Waals surface area (Å²) < 4.78 is 1.01. The maximum Gasteiger partial charge on any atom is 0.139 e. The van der Waals surface area contributed by atoms with Gasteiger partial charge in [-0.1, -0.05) is 36.4 Å². The van der Waals surface area contributed by atoms with E-state index in [1.165, 1.54) is 0 Å². The summed E-state index contributed by atoms with van der Waals surface area (Å²) in [6.07, 6.45) is 1.88. The van der Waals surface area contributed by atoms with Crippen LogP contribution in [-0.4, -0.2) is 23.6 Å². The fraction of sp³-hybridized carbons (Fsp3) is 0.714. The Balaban J connectivity index is 4.82. The van der Waals surface area contributed by atoms with Gasteiger partial charge in [-0.15, -0.1) is 0 Å². The number of nitrogens with two attached hydrogens (primary N) is 1. The molecule has 0 aromatic rings. The minimum Gasteiger partial charge on any atom is -0.382 e.